The lowest BCUT2D eigenvalue weighted by molar-refractivity contribution is -0.119. The van der Waals surface area contributed by atoms with Crippen molar-refractivity contribution in [1.29, 1.82) is 0 Å². The number of aryl methyl sites for hydroxylation is 1. The molecule has 1 atom stereocenters. The van der Waals surface area contributed by atoms with Crippen molar-refractivity contribution < 1.29 is 9.59 Å². The van der Waals surface area contributed by atoms with Gasteiger partial charge in [0.2, 0.25) is 0 Å². The Balaban J connectivity index is 1.98. The number of nitrogens with zero attached hydrogens (tertiary/aromatic N) is 2. The number of imide groups is 1. The van der Waals surface area contributed by atoms with Crippen LogP contribution in [-0.4, -0.2) is 40.9 Å². The van der Waals surface area contributed by atoms with Crippen molar-refractivity contribution in [3.63, 3.8) is 0 Å². The molecule has 1 aromatic carbocycles. The van der Waals surface area contributed by atoms with Crippen LogP contribution in [0, 0.1) is 6.92 Å². The summed E-state index contributed by atoms with van der Waals surface area (Å²) in [4.78, 5) is 27.6. The summed E-state index contributed by atoms with van der Waals surface area (Å²) in [5.74, 6) is 1.43. The molecule has 2 aliphatic rings. The third kappa shape index (κ3) is 2.01. The van der Waals surface area contributed by atoms with Gasteiger partial charge in [0.05, 0.1) is 5.69 Å². The molecule has 1 aromatic rings. The highest BCUT2D eigenvalue weighted by Gasteiger charge is 2.46. The van der Waals surface area contributed by atoms with Crippen molar-refractivity contribution in [1.82, 2.24) is 4.90 Å². The normalized spacial score (nSPS) is 22.9. The van der Waals surface area contributed by atoms with Crippen molar-refractivity contribution in [2.45, 2.75) is 13.0 Å². The molecule has 100 valence electrons. The second kappa shape index (κ2) is 4.72. The number of carbonyl (C=O) groups excluding carboxylic acids is 2. The molecular formula is C13H13ClN2O2S. The first kappa shape index (κ1) is 12.8. The number of fused-ring (bicyclic) bond motifs is 1. The molecule has 2 fully saturated rings. The van der Waals surface area contributed by atoms with Gasteiger partial charge in [-0.1, -0.05) is 17.7 Å². The number of rotatable bonds is 1. The first-order valence-electron chi connectivity index (χ1n) is 6.08. The van der Waals surface area contributed by atoms with Crippen molar-refractivity contribution in [3.05, 3.63) is 28.8 Å². The van der Waals surface area contributed by atoms with E-state index in [1.807, 2.05) is 13.0 Å². The van der Waals surface area contributed by atoms with Crippen molar-refractivity contribution in [2.24, 2.45) is 0 Å². The van der Waals surface area contributed by atoms with Gasteiger partial charge in [0.1, 0.15) is 6.04 Å². The monoisotopic (exact) mass is 296 g/mol. The van der Waals surface area contributed by atoms with Gasteiger partial charge in [-0.05, 0) is 24.6 Å². The molecule has 3 rings (SSSR count). The van der Waals surface area contributed by atoms with Crippen LogP contribution >= 0.6 is 23.4 Å². The lowest BCUT2D eigenvalue weighted by atomic mass is 10.2. The van der Waals surface area contributed by atoms with Gasteiger partial charge in [-0.25, -0.2) is 9.69 Å². The Morgan fingerprint density at radius 2 is 2.16 bits per heavy atom. The average molecular weight is 297 g/mol. The Morgan fingerprint density at radius 1 is 1.37 bits per heavy atom. The van der Waals surface area contributed by atoms with Crippen molar-refractivity contribution in [3.8, 4) is 0 Å². The second-order valence-electron chi connectivity index (χ2n) is 4.67. The Labute approximate surface area is 120 Å². The Kier molecular flexibility index (Phi) is 3.19. The maximum absolute atomic E-state index is 12.4. The first-order valence-corrected chi connectivity index (χ1v) is 7.61. The molecule has 1 unspecified atom stereocenters. The summed E-state index contributed by atoms with van der Waals surface area (Å²) in [7, 11) is 0. The molecule has 0 spiro atoms. The predicted molar refractivity (Wildman–Crippen MR) is 76.9 cm³/mol. The summed E-state index contributed by atoms with van der Waals surface area (Å²) in [5, 5.41) is 0.567. The van der Waals surface area contributed by atoms with Gasteiger partial charge in [0.15, 0.2) is 0 Å². The molecular weight excluding hydrogens is 284 g/mol. The third-order valence-corrected chi connectivity index (χ3v) is 4.91. The molecule has 4 nitrogen and oxygen atoms in total. The van der Waals surface area contributed by atoms with Crippen LogP contribution in [0.1, 0.15) is 5.56 Å². The van der Waals surface area contributed by atoms with Crippen molar-refractivity contribution in [2.75, 3.05) is 23.0 Å². The van der Waals surface area contributed by atoms with Crippen LogP contribution in [0.25, 0.3) is 0 Å². The molecule has 0 radical (unpaired) electrons. The maximum atomic E-state index is 12.4. The fraction of sp³-hybridized carbons (Fsp3) is 0.385. The highest BCUT2D eigenvalue weighted by Crippen LogP contribution is 2.31. The second-order valence-corrected chi connectivity index (χ2v) is 6.23. The summed E-state index contributed by atoms with van der Waals surface area (Å²) < 4.78 is 0. The molecule has 2 heterocycles. The molecule has 3 amide bonds. The summed E-state index contributed by atoms with van der Waals surface area (Å²) in [6.45, 7) is 2.52. The van der Waals surface area contributed by atoms with Gasteiger partial charge >= 0.3 is 6.03 Å². The van der Waals surface area contributed by atoms with Crippen LogP contribution in [0.3, 0.4) is 0 Å². The van der Waals surface area contributed by atoms with E-state index in [-0.39, 0.29) is 18.0 Å². The minimum atomic E-state index is -0.314. The van der Waals surface area contributed by atoms with E-state index in [9.17, 15) is 9.59 Å². The van der Waals surface area contributed by atoms with E-state index in [2.05, 4.69) is 0 Å². The summed E-state index contributed by atoms with van der Waals surface area (Å²) in [6, 6.07) is 4.73. The molecule has 0 aliphatic carbocycles. The number of hydrogen-bond acceptors (Lipinski definition) is 3. The minimum Gasteiger partial charge on any atom is -0.310 e. The van der Waals surface area contributed by atoms with Gasteiger partial charge < -0.3 is 4.90 Å². The quantitative estimate of drug-likeness (QED) is 0.748. The maximum Gasteiger partial charge on any atom is 0.332 e. The molecule has 0 saturated carbocycles. The molecule has 0 bridgehead atoms. The highest BCUT2D eigenvalue weighted by molar-refractivity contribution is 7.99. The Morgan fingerprint density at radius 3 is 2.84 bits per heavy atom. The highest BCUT2D eigenvalue weighted by atomic mass is 35.5. The molecule has 19 heavy (non-hydrogen) atoms. The van der Waals surface area contributed by atoms with E-state index in [1.54, 1.807) is 28.8 Å². The van der Waals surface area contributed by atoms with Crippen LogP contribution < -0.4 is 4.90 Å². The number of halogens is 1. The van der Waals surface area contributed by atoms with Gasteiger partial charge in [-0.15, -0.1) is 0 Å². The molecule has 2 saturated heterocycles. The first-order chi connectivity index (χ1) is 9.09. The van der Waals surface area contributed by atoms with E-state index in [0.717, 1.165) is 11.3 Å². The van der Waals surface area contributed by atoms with E-state index in [4.69, 9.17) is 11.6 Å². The van der Waals surface area contributed by atoms with Crippen LogP contribution in [0.15, 0.2) is 18.2 Å². The number of carbonyl (C=O) groups is 2. The van der Waals surface area contributed by atoms with Gasteiger partial charge in [0, 0.05) is 23.1 Å². The summed E-state index contributed by atoms with van der Waals surface area (Å²) in [5.41, 5.74) is 1.49. The van der Waals surface area contributed by atoms with E-state index < -0.39 is 0 Å². The van der Waals surface area contributed by atoms with Crippen LogP contribution in [0.5, 0.6) is 0 Å². The summed E-state index contributed by atoms with van der Waals surface area (Å²) in [6.07, 6.45) is 0. The zero-order valence-corrected chi connectivity index (χ0v) is 12.0. The smallest absolute Gasteiger partial charge is 0.310 e. The fourth-order valence-corrected chi connectivity index (χ4v) is 3.58. The topological polar surface area (TPSA) is 40.6 Å². The zero-order chi connectivity index (χ0) is 13.6. The van der Waals surface area contributed by atoms with E-state index >= 15 is 0 Å². The van der Waals surface area contributed by atoms with E-state index in [1.165, 1.54) is 4.90 Å². The predicted octanol–water partition coefficient (Wildman–Crippen LogP) is 2.53. The number of anilines is 1. The van der Waals surface area contributed by atoms with Crippen LogP contribution in [-0.2, 0) is 4.79 Å². The third-order valence-electron chi connectivity index (χ3n) is 3.48. The number of urea groups is 1. The molecule has 6 heteroatoms. The average Bonchev–Trinajstić information content (AvgIpc) is 2.66. The number of thioether (sulfide) groups is 1. The Hall–Kier alpha value is -1.20. The lowest BCUT2D eigenvalue weighted by Crippen LogP contribution is -2.41. The molecule has 2 aliphatic heterocycles. The zero-order valence-electron chi connectivity index (χ0n) is 10.4. The standard InChI is InChI=1S/C13H13ClN2O2S/c1-8-2-3-9(6-10(8)14)16-12(17)11-7-19-5-4-15(11)13(16)18/h2-3,6,11H,4-5,7H2,1H3. The molecule has 0 aromatic heterocycles. The minimum absolute atomic E-state index is 0.142. The van der Waals surface area contributed by atoms with Crippen LogP contribution in [0.4, 0.5) is 10.5 Å². The van der Waals surface area contributed by atoms with Gasteiger partial charge in [0.25, 0.3) is 5.91 Å². The lowest BCUT2D eigenvalue weighted by Gasteiger charge is -2.25. The van der Waals surface area contributed by atoms with Crippen LogP contribution in [0.2, 0.25) is 5.02 Å². The van der Waals surface area contributed by atoms with Gasteiger partial charge in [-0.3, -0.25) is 4.79 Å². The SMILES string of the molecule is Cc1ccc(N2C(=O)C3CSCCN3C2=O)cc1Cl. The largest absolute Gasteiger partial charge is 0.332 e. The number of hydrogen-bond donors (Lipinski definition) is 0. The number of benzene rings is 1. The summed E-state index contributed by atoms with van der Waals surface area (Å²) >= 11 is 7.79. The van der Waals surface area contributed by atoms with E-state index in [0.29, 0.717) is 23.0 Å². The van der Waals surface area contributed by atoms with Gasteiger partial charge in [-0.2, -0.15) is 11.8 Å². The van der Waals surface area contributed by atoms with Crippen molar-refractivity contribution >= 4 is 41.0 Å². The fourth-order valence-electron chi connectivity index (χ4n) is 2.37. The Bertz CT molecular complexity index is 540. The number of amides is 3. The molecule has 0 N–H and O–H groups in total.